The second-order valence-electron chi connectivity index (χ2n) is 14.8. The molecule has 1 saturated heterocycles. The number of hydrogen-bond donors (Lipinski definition) is 5. The van der Waals surface area contributed by atoms with Crippen molar-refractivity contribution in [2.75, 3.05) is 6.61 Å². The molecule has 274 valence electrons. The quantitative estimate of drug-likeness (QED) is 0.0879. The van der Waals surface area contributed by atoms with Gasteiger partial charge in [0.2, 0.25) is 0 Å². The number of carbonyl (C=O) groups is 2. The molecule has 13 atom stereocenters. The SMILES string of the molecule is C=C1[C@@H]2CC[C@@H]3[C@]4(C)C[C@H](O[C@@H]5O[C@H](CO)[C@@H](OS(=O)(=O)O)[C@H](OS(=O)(=O)O)[C@H]5OC(=O)CC(C)C)C[C@@H](C(=O)O)[C@H]4CC[C@]3(C2)[C@H]1O. The zero-order chi connectivity index (χ0) is 35.6. The van der Waals surface area contributed by atoms with E-state index < -0.39 is 99.0 Å². The molecule has 18 heteroatoms. The molecule has 1 aliphatic heterocycles. The summed E-state index contributed by atoms with van der Waals surface area (Å²) in [4.78, 5) is 25.7. The number of carboxylic acid groups (broad SMARTS) is 1. The third-order valence-electron chi connectivity index (χ3n) is 11.5. The molecule has 4 aliphatic carbocycles. The predicted molar refractivity (Wildman–Crippen MR) is 162 cm³/mol. The highest BCUT2D eigenvalue weighted by atomic mass is 32.3. The van der Waals surface area contributed by atoms with Gasteiger partial charge in [-0.15, -0.1) is 0 Å². The fourth-order valence-corrected chi connectivity index (χ4v) is 10.8. The lowest BCUT2D eigenvalue weighted by atomic mass is 9.43. The molecule has 0 aromatic heterocycles. The van der Waals surface area contributed by atoms with E-state index in [0.717, 1.165) is 24.8 Å². The molecule has 4 saturated carbocycles. The van der Waals surface area contributed by atoms with Gasteiger partial charge < -0.3 is 29.5 Å². The summed E-state index contributed by atoms with van der Waals surface area (Å²) < 4.78 is 93.5. The highest BCUT2D eigenvalue weighted by Crippen LogP contribution is 2.70. The van der Waals surface area contributed by atoms with Crippen LogP contribution in [0.1, 0.15) is 72.1 Å². The Kier molecular flexibility index (Phi) is 10.5. The largest absolute Gasteiger partial charge is 0.481 e. The maximum atomic E-state index is 12.9. The summed E-state index contributed by atoms with van der Waals surface area (Å²) in [5.74, 6) is -3.25. The molecule has 5 rings (SSSR count). The molecule has 0 radical (unpaired) electrons. The summed E-state index contributed by atoms with van der Waals surface area (Å²) in [6.07, 6.45) is -7.93. The smallest absolute Gasteiger partial charge is 0.397 e. The van der Waals surface area contributed by atoms with Gasteiger partial charge in [0.1, 0.15) is 12.2 Å². The van der Waals surface area contributed by atoms with E-state index in [0.29, 0.717) is 12.8 Å². The molecule has 5 fully saturated rings. The zero-order valence-electron chi connectivity index (χ0n) is 27.0. The number of rotatable bonds is 11. The molecule has 5 N–H and O–H groups in total. The minimum atomic E-state index is -5.42. The normalized spacial score (nSPS) is 43.0. The van der Waals surface area contributed by atoms with Crippen molar-refractivity contribution >= 4 is 32.7 Å². The topological polar surface area (TPSA) is 250 Å². The zero-order valence-corrected chi connectivity index (χ0v) is 28.7. The van der Waals surface area contributed by atoms with Crippen molar-refractivity contribution in [1.82, 2.24) is 0 Å². The maximum Gasteiger partial charge on any atom is 0.397 e. The summed E-state index contributed by atoms with van der Waals surface area (Å²) in [6, 6.07) is 0. The Balaban J connectivity index is 1.51. The van der Waals surface area contributed by atoms with Crippen molar-refractivity contribution in [2.24, 2.45) is 40.4 Å². The van der Waals surface area contributed by atoms with Gasteiger partial charge in [-0.2, -0.15) is 16.8 Å². The fraction of sp³-hybridized carbons (Fsp3) is 0.867. The molecule has 0 unspecified atom stereocenters. The first-order valence-electron chi connectivity index (χ1n) is 16.2. The molecule has 48 heavy (non-hydrogen) atoms. The minimum Gasteiger partial charge on any atom is -0.481 e. The Hall–Kier alpha value is -1.74. The second kappa shape index (κ2) is 13.4. The van der Waals surface area contributed by atoms with E-state index in [1.54, 1.807) is 13.8 Å². The average molecular weight is 727 g/mol. The first-order chi connectivity index (χ1) is 22.2. The number of hydrogen-bond acceptors (Lipinski definition) is 13. The highest BCUT2D eigenvalue weighted by molar-refractivity contribution is 7.81. The lowest BCUT2D eigenvalue weighted by Crippen LogP contribution is -2.64. The van der Waals surface area contributed by atoms with Gasteiger partial charge in [-0.1, -0.05) is 27.4 Å². The van der Waals surface area contributed by atoms with Crippen LogP contribution >= 0.6 is 0 Å². The third kappa shape index (κ3) is 7.20. The Bertz CT molecular complexity index is 1480. The van der Waals surface area contributed by atoms with Crippen LogP contribution in [0.3, 0.4) is 0 Å². The summed E-state index contributed by atoms with van der Waals surface area (Å²) >= 11 is 0. The van der Waals surface area contributed by atoms with Crippen LogP contribution in [0.15, 0.2) is 12.2 Å². The van der Waals surface area contributed by atoms with E-state index in [2.05, 4.69) is 10.8 Å². The van der Waals surface area contributed by atoms with E-state index in [1.807, 2.05) is 6.92 Å². The van der Waals surface area contributed by atoms with Crippen LogP contribution in [0.25, 0.3) is 0 Å². The summed E-state index contributed by atoms with van der Waals surface area (Å²) in [5, 5.41) is 32.0. The number of carboxylic acids is 1. The number of fused-ring (bicyclic) bond motifs is 3. The first kappa shape index (κ1) is 37.5. The van der Waals surface area contributed by atoms with Crippen LogP contribution in [0.4, 0.5) is 0 Å². The van der Waals surface area contributed by atoms with E-state index >= 15 is 0 Å². The number of ether oxygens (including phenoxy) is 3. The molecule has 16 nitrogen and oxygen atoms in total. The summed E-state index contributed by atoms with van der Waals surface area (Å²) in [7, 11) is -10.8. The third-order valence-corrected chi connectivity index (χ3v) is 12.4. The molecule has 2 bridgehead atoms. The molecule has 1 heterocycles. The number of carbonyl (C=O) groups excluding carboxylic acids is 1. The lowest BCUT2D eigenvalue weighted by Gasteiger charge is -2.62. The van der Waals surface area contributed by atoms with Crippen molar-refractivity contribution in [3.63, 3.8) is 0 Å². The molecule has 0 aromatic rings. The molecular weight excluding hydrogens is 680 g/mol. The Morgan fingerprint density at radius 3 is 2.25 bits per heavy atom. The van der Waals surface area contributed by atoms with Crippen molar-refractivity contribution in [2.45, 2.75) is 115 Å². The van der Waals surface area contributed by atoms with Crippen molar-refractivity contribution < 1.29 is 73.4 Å². The van der Waals surface area contributed by atoms with Gasteiger partial charge in [0.05, 0.1) is 24.7 Å². The minimum absolute atomic E-state index is 0.0156. The van der Waals surface area contributed by atoms with Crippen LogP contribution in [0, 0.1) is 40.4 Å². The van der Waals surface area contributed by atoms with Crippen LogP contribution in [-0.4, -0.2) is 103 Å². The van der Waals surface area contributed by atoms with Gasteiger partial charge in [0, 0.05) is 11.8 Å². The number of aliphatic carboxylic acids is 1. The highest BCUT2D eigenvalue weighted by Gasteiger charge is 2.67. The standard InChI is InChI=1S/C30H46O16S2/c1-14(2)9-22(32)44-25-24(46-48(39,40)41)23(45-47(36,37)38)20(13-31)43-28(25)42-17-10-18(27(34)35)19-7-8-30-11-16(15(3)26(30)33)5-6-21(30)29(19,4)12-17/h14,16-21,23-26,28,31,33H,3,5-13H2,1-2,4H3,(H,34,35)(H,36,37,38)(H,39,40,41)/t16-,17-,18-,19-,20-,21-,23-,24+,25-,26+,28-,29-,30-/m1/s1. The second-order valence-corrected chi connectivity index (χ2v) is 16.9. The Morgan fingerprint density at radius 2 is 1.67 bits per heavy atom. The number of aliphatic hydroxyl groups excluding tert-OH is 2. The summed E-state index contributed by atoms with van der Waals surface area (Å²) in [5.41, 5.74) is -0.319. The van der Waals surface area contributed by atoms with Gasteiger partial charge in [-0.3, -0.25) is 18.7 Å². The lowest BCUT2D eigenvalue weighted by molar-refractivity contribution is -0.316. The van der Waals surface area contributed by atoms with Gasteiger partial charge >= 0.3 is 32.7 Å². The molecule has 5 aliphatic rings. The monoisotopic (exact) mass is 726 g/mol. The van der Waals surface area contributed by atoms with Gasteiger partial charge in [-0.25, -0.2) is 8.37 Å². The Labute approximate surface area is 280 Å². The average Bonchev–Trinajstić information content (AvgIpc) is 3.12. The Morgan fingerprint density at radius 1 is 1.02 bits per heavy atom. The van der Waals surface area contributed by atoms with Crippen molar-refractivity contribution in [3.05, 3.63) is 12.2 Å². The van der Waals surface area contributed by atoms with Crippen molar-refractivity contribution in [3.8, 4) is 0 Å². The number of aliphatic hydroxyl groups is 2. The van der Waals surface area contributed by atoms with E-state index in [-0.39, 0.29) is 42.9 Å². The van der Waals surface area contributed by atoms with Crippen LogP contribution in [0.2, 0.25) is 0 Å². The van der Waals surface area contributed by atoms with Gasteiger partial charge in [0.25, 0.3) is 0 Å². The molecular formula is C30H46O16S2. The number of esters is 1. The van der Waals surface area contributed by atoms with Crippen LogP contribution < -0.4 is 0 Å². The molecule has 1 spiro atoms. The molecule has 0 amide bonds. The van der Waals surface area contributed by atoms with Gasteiger partial charge in [0.15, 0.2) is 18.5 Å². The summed E-state index contributed by atoms with van der Waals surface area (Å²) in [6.45, 7) is 8.52. The predicted octanol–water partition coefficient (Wildman–Crippen LogP) is 1.67. The van der Waals surface area contributed by atoms with E-state index in [9.17, 15) is 50.8 Å². The fourth-order valence-electron chi connectivity index (χ4n) is 9.82. The first-order valence-corrected chi connectivity index (χ1v) is 18.9. The van der Waals surface area contributed by atoms with Crippen molar-refractivity contribution in [1.29, 1.82) is 0 Å². The van der Waals surface area contributed by atoms with E-state index in [4.69, 9.17) is 18.4 Å². The van der Waals surface area contributed by atoms with E-state index in [1.165, 1.54) is 0 Å². The van der Waals surface area contributed by atoms with Gasteiger partial charge in [-0.05, 0) is 79.6 Å². The maximum absolute atomic E-state index is 12.9. The van der Waals surface area contributed by atoms with Crippen LogP contribution in [0.5, 0.6) is 0 Å². The van der Waals surface area contributed by atoms with Crippen LogP contribution in [-0.2, 0) is 53.0 Å². The molecule has 0 aromatic carbocycles.